The quantitative estimate of drug-likeness (QED) is 0.0261. The number of pyridine rings is 1. The first-order chi connectivity index (χ1) is 29.6. The number of fused-ring (bicyclic) bond motifs is 1. The molecule has 4 N–H and O–H groups in total. The van der Waals surface area contributed by atoms with Crippen molar-refractivity contribution in [1.29, 1.82) is 0 Å². The molecule has 0 radical (unpaired) electrons. The van der Waals surface area contributed by atoms with E-state index in [2.05, 4.69) is 21.4 Å². The molecule has 3 aromatic carbocycles. The molecule has 0 spiro atoms. The number of β-lactam (4-membered cyclic amide) rings is 1. The number of aromatic nitrogens is 1. The molecular formula is C43H43N8O8S2+. The molecule has 3 atom stereocenters. The minimum atomic E-state index is -2.07. The van der Waals surface area contributed by atoms with Gasteiger partial charge in [0.05, 0.1) is 7.05 Å². The van der Waals surface area contributed by atoms with Crippen LogP contribution in [-0.2, 0) is 33.5 Å². The number of nitrogens with one attached hydrogen (secondary N) is 4. The highest BCUT2D eigenvalue weighted by atomic mass is 32.2. The molecule has 3 aliphatic rings. The van der Waals surface area contributed by atoms with E-state index in [-0.39, 0.29) is 43.1 Å². The summed E-state index contributed by atoms with van der Waals surface area (Å²) in [6.45, 7) is 2.01. The summed E-state index contributed by atoms with van der Waals surface area (Å²) in [7, 11) is 1.79. The molecule has 0 unspecified atom stereocenters. The number of esters is 1. The van der Waals surface area contributed by atoms with E-state index < -0.39 is 58.8 Å². The Hall–Kier alpha value is -6.66. The number of carbonyl (C=O) groups is 7. The van der Waals surface area contributed by atoms with Gasteiger partial charge < -0.3 is 25.6 Å². The maximum atomic E-state index is 14.7. The summed E-state index contributed by atoms with van der Waals surface area (Å²) in [5.74, 6) is -3.88. The van der Waals surface area contributed by atoms with Crippen LogP contribution in [0.3, 0.4) is 0 Å². The standard InChI is InChI=1S/C43H42N8O8S2/c1-3-48-23-24-50(38(55)37(48)54)42(58)46-33(28-13-7-4-8-14-28)36(53)47-43(45-27-52)40(57)51-34(31(26-61-41(43)51)25-60-32-19-21-49(44-2)22-20-32)39(56)59-35(29-15-9-5-10-16-29)30-17-11-6-12-18-30/h4-22,27,33,35,41,44H,3,23-26H2,1-2H3,(H2-,45,46,47,52,53,58)/p+1/t33-,41-,43-/m1/s1. The number of nitrogens with zero attached hydrogens (tertiary/aromatic N) is 4. The largest absolute Gasteiger partial charge is 0.448 e. The Morgan fingerprint density at radius 2 is 1.49 bits per heavy atom. The summed E-state index contributed by atoms with van der Waals surface area (Å²) < 4.78 is 8.08. The SMILES string of the molecule is CCN1CCN(C(=O)N[C@@H](C(=O)N[C@]2(NC=O)C(=O)N3C(C(=O)OC(c4ccccc4)c4ccccc4)=C(CSc4cc[n+](NC)cc4)CS[C@@H]32)c2ccccc2)C(=O)C1=O. The molecule has 61 heavy (non-hydrogen) atoms. The van der Waals surface area contributed by atoms with Gasteiger partial charge in [0, 0.05) is 48.2 Å². The lowest BCUT2D eigenvalue weighted by molar-refractivity contribution is -0.647. The van der Waals surface area contributed by atoms with Crippen LogP contribution in [0.4, 0.5) is 4.79 Å². The summed E-state index contributed by atoms with van der Waals surface area (Å²) in [5.41, 5.74) is 3.22. The van der Waals surface area contributed by atoms with Crippen molar-refractivity contribution in [1.82, 2.24) is 30.7 Å². The molecule has 7 rings (SSSR count). The van der Waals surface area contributed by atoms with Crippen LogP contribution in [0.15, 0.2) is 132 Å². The first kappa shape index (κ1) is 42.5. The maximum Gasteiger partial charge on any atom is 0.356 e. The second-order valence-corrected chi connectivity index (χ2v) is 16.2. The molecule has 3 aliphatic heterocycles. The number of hydrogen-bond donors (Lipinski definition) is 4. The van der Waals surface area contributed by atoms with Crippen LogP contribution in [0, 0.1) is 0 Å². The van der Waals surface area contributed by atoms with E-state index >= 15 is 0 Å². The molecule has 2 fully saturated rings. The van der Waals surface area contributed by atoms with Crippen molar-refractivity contribution in [2.24, 2.45) is 0 Å². The monoisotopic (exact) mass is 863 g/mol. The number of hydrogen-bond acceptors (Lipinski definition) is 11. The lowest BCUT2D eigenvalue weighted by atomic mass is 9.94. The van der Waals surface area contributed by atoms with Gasteiger partial charge in [0.1, 0.15) is 17.1 Å². The Bertz CT molecular complexity index is 2300. The van der Waals surface area contributed by atoms with Crippen molar-refractivity contribution < 1.29 is 43.0 Å². The van der Waals surface area contributed by atoms with Crippen molar-refractivity contribution >= 4 is 65.6 Å². The zero-order valence-electron chi connectivity index (χ0n) is 33.2. The van der Waals surface area contributed by atoms with Gasteiger partial charge in [-0.2, -0.15) is 5.43 Å². The molecular weight excluding hydrogens is 821 g/mol. The second kappa shape index (κ2) is 18.7. The molecule has 0 bridgehead atoms. The van der Waals surface area contributed by atoms with Crippen molar-refractivity contribution in [2.45, 2.75) is 35.0 Å². The topological polar surface area (TPSA) is 190 Å². The lowest BCUT2D eigenvalue weighted by Crippen LogP contribution is -2.85. The minimum absolute atomic E-state index is 0.0146. The lowest BCUT2D eigenvalue weighted by Gasteiger charge is -2.57. The fourth-order valence-electron chi connectivity index (χ4n) is 7.26. The highest BCUT2D eigenvalue weighted by Crippen LogP contribution is 2.47. The van der Waals surface area contributed by atoms with E-state index in [1.807, 2.05) is 85.2 Å². The summed E-state index contributed by atoms with van der Waals surface area (Å²) in [6, 6.07) is 27.8. The molecule has 0 aliphatic carbocycles. The predicted molar refractivity (Wildman–Crippen MR) is 225 cm³/mol. The first-order valence-corrected chi connectivity index (χ1v) is 21.4. The van der Waals surface area contributed by atoms with Gasteiger partial charge in [-0.05, 0) is 29.2 Å². The summed E-state index contributed by atoms with van der Waals surface area (Å²) >= 11 is 2.69. The zero-order valence-corrected chi connectivity index (χ0v) is 34.8. The fourth-order valence-corrected chi connectivity index (χ4v) is 9.70. The molecule has 2 saturated heterocycles. The van der Waals surface area contributed by atoms with Gasteiger partial charge in [0.2, 0.25) is 30.4 Å². The molecule has 4 aromatic rings. The third-order valence-corrected chi connectivity index (χ3v) is 12.9. The highest BCUT2D eigenvalue weighted by molar-refractivity contribution is 8.01. The summed E-state index contributed by atoms with van der Waals surface area (Å²) in [6.07, 6.45) is 3.13. The number of ether oxygens (including phenoxy) is 1. The van der Waals surface area contributed by atoms with Crippen LogP contribution in [-0.4, -0.2) is 106 Å². The molecule has 7 amide bonds. The molecule has 1 aromatic heterocycles. The van der Waals surface area contributed by atoms with Gasteiger partial charge >= 0.3 is 23.8 Å². The number of piperazine rings is 1. The second-order valence-electron chi connectivity index (χ2n) is 14.0. The number of rotatable bonds is 15. The third kappa shape index (κ3) is 8.67. The van der Waals surface area contributed by atoms with Gasteiger partial charge in [0.25, 0.3) is 5.91 Å². The number of thioether (sulfide) groups is 2. The number of benzene rings is 3. The first-order valence-electron chi connectivity index (χ1n) is 19.4. The van der Waals surface area contributed by atoms with E-state index in [1.54, 1.807) is 49.0 Å². The Morgan fingerprint density at radius 3 is 2.07 bits per heavy atom. The van der Waals surface area contributed by atoms with Gasteiger partial charge in [-0.25, -0.2) is 9.59 Å². The van der Waals surface area contributed by atoms with E-state index in [0.717, 1.165) is 9.80 Å². The van der Waals surface area contributed by atoms with E-state index in [9.17, 15) is 33.6 Å². The van der Waals surface area contributed by atoms with Gasteiger partial charge in [-0.15, -0.1) is 23.5 Å². The zero-order chi connectivity index (χ0) is 43.1. The molecule has 18 heteroatoms. The van der Waals surface area contributed by atoms with E-state index in [4.69, 9.17) is 4.74 Å². The van der Waals surface area contributed by atoms with Gasteiger partial charge in [-0.3, -0.25) is 33.8 Å². The van der Waals surface area contributed by atoms with Crippen LogP contribution in [0.5, 0.6) is 0 Å². The average Bonchev–Trinajstić information content (AvgIpc) is 3.30. The van der Waals surface area contributed by atoms with Crippen LogP contribution < -0.4 is 26.1 Å². The Balaban J connectivity index is 1.20. The number of imide groups is 1. The maximum absolute atomic E-state index is 14.7. The smallest absolute Gasteiger partial charge is 0.356 e. The van der Waals surface area contributed by atoms with E-state index in [0.29, 0.717) is 22.5 Å². The predicted octanol–water partition coefficient (Wildman–Crippen LogP) is 2.44. The normalized spacial score (nSPS) is 19.1. The number of urea groups is 1. The van der Waals surface area contributed by atoms with Gasteiger partial charge in [0.15, 0.2) is 6.10 Å². The molecule has 0 saturated carbocycles. The number of amides is 7. The summed E-state index contributed by atoms with van der Waals surface area (Å²) in [5, 5.41) is 6.73. The fraction of sp³-hybridized carbons (Fsp3) is 0.256. The highest BCUT2D eigenvalue weighted by Gasteiger charge is 2.66. The molecule has 4 heterocycles. The van der Waals surface area contributed by atoms with Crippen LogP contribution >= 0.6 is 23.5 Å². The average molecular weight is 864 g/mol. The number of carbonyl (C=O) groups excluding carboxylic acids is 7. The van der Waals surface area contributed by atoms with Crippen molar-refractivity contribution in [3.63, 3.8) is 0 Å². The van der Waals surface area contributed by atoms with Crippen molar-refractivity contribution in [3.8, 4) is 0 Å². The van der Waals surface area contributed by atoms with Crippen LogP contribution in [0.1, 0.15) is 35.8 Å². The Labute approximate surface area is 360 Å². The third-order valence-electron chi connectivity index (χ3n) is 10.5. The minimum Gasteiger partial charge on any atom is -0.448 e. The van der Waals surface area contributed by atoms with Crippen LogP contribution in [0.2, 0.25) is 0 Å². The van der Waals surface area contributed by atoms with Gasteiger partial charge in [-0.1, -0.05) is 95.7 Å². The summed E-state index contributed by atoms with van der Waals surface area (Å²) in [4.78, 5) is 99.3. The number of likely N-dealkylation sites (N-methyl/N-ethyl adjacent to an activating group) is 1. The van der Waals surface area contributed by atoms with E-state index in [1.165, 1.54) is 33.3 Å². The van der Waals surface area contributed by atoms with Crippen molar-refractivity contribution in [2.75, 3.05) is 43.6 Å². The van der Waals surface area contributed by atoms with Crippen LogP contribution in [0.25, 0.3) is 0 Å². The molecule has 314 valence electrons. The molecule has 16 nitrogen and oxygen atoms in total. The Morgan fingerprint density at radius 1 is 0.885 bits per heavy atom. The van der Waals surface area contributed by atoms with Crippen molar-refractivity contribution in [3.05, 3.63) is 143 Å². The Kier molecular flexibility index (Phi) is 13.0.